The van der Waals surface area contributed by atoms with Crippen LogP contribution in [-0.4, -0.2) is 12.0 Å². The summed E-state index contributed by atoms with van der Waals surface area (Å²) in [5.41, 5.74) is 5.27. The lowest BCUT2D eigenvalue weighted by molar-refractivity contribution is 0.814. The zero-order valence-corrected chi connectivity index (χ0v) is 14.2. The van der Waals surface area contributed by atoms with Gasteiger partial charge in [0.15, 0.2) is 0 Å². The molecule has 0 aliphatic rings. The summed E-state index contributed by atoms with van der Waals surface area (Å²) in [6.45, 7) is 0.772. The second-order valence-electron chi connectivity index (χ2n) is 5.28. The van der Waals surface area contributed by atoms with E-state index in [2.05, 4.69) is 16.4 Å². The fourth-order valence-electron chi connectivity index (χ4n) is 2.50. The molecule has 0 aliphatic carbocycles. The van der Waals surface area contributed by atoms with Gasteiger partial charge in [0.25, 0.3) is 0 Å². The number of aromatic nitrogens is 1. The van der Waals surface area contributed by atoms with Crippen molar-refractivity contribution in [2.24, 2.45) is 0 Å². The Labute approximate surface area is 146 Å². The maximum Gasteiger partial charge on any atom is 0.0780 e. The van der Waals surface area contributed by atoms with E-state index in [-0.39, 0.29) is 0 Å². The first kappa shape index (κ1) is 16.0. The summed E-state index contributed by atoms with van der Waals surface area (Å²) >= 11 is 12.0. The molecular weight excluding hydrogens is 327 g/mol. The molecule has 0 saturated carbocycles. The molecule has 0 bridgehead atoms. The van der Waals surface area contributed by atoms with Crippen LogP contribution in [0.2, 0.25) is 10.0 Å². The van der Waals surface area contributed by atoms with Crippen molar-refractivity contribution in [3.05, 3.63) is 76.4 Å². The third kappa shape index (κ3) is 3.73. The van der Waals surface area contributed by atoms with Gasteiger partial charge in [-0.3, -0.25) is 4.98 Å². The first-order valence-corrected chi connectivity index (χ1v) is 8.08. The molecule has 116 valence electrons. The fraction of sp³-hybridized carbons (Fsp3) is 0.105. The van der Waals surface area contributed by atoms with Gasteiger partial charge >= 0.3 is 0 Å². The Kier molecular flexibility index (Phi) is 4.97. The Hall–Kier alpha value is -1.87. The molecule has 0 aliphatic heterocycles. The molecule has 2 aromatic carbocycles. The van der Waals surface area contributed by atoms with E-state index in [0.717, 1.165) is 39.5 Å². The van der Waals surface area contributed by atoms with Crippen LogP contribution in [0.5, 0.6) is 0 Å². The number of hydrogen-bond donors (Lipinski definition) is 1. The van der Waals surface area contributed by atoms with Crippen LogP contribution in [0.25, 0.3) is 22.4 Å². The van der Waals surface area contributed by atoms with Gasteiger partial charge in [-0.15, -0.1) is 0 Å². The van der Waals surface area contributed by atoms with Gasteiger partial charge in [0.2, 0.25) is 0 Å². The molecule has 0 spiro atoms. The highest BCUT2D eigenvalue weighted by Gasteiger charge is 2.10. The van der Waals surface area contributed by atoms with Crippen LogP contribution in [0.15, 0.2) is 60.8 Å². The SMILES string of the molecule is CNCc1cnc(-c2ccc(Cl)cc2)c(-c2ccc(Cl)cc2)c1. The van der Waals surface area contributed by atoms with Crippen molar-refractivity contribution in [3.8, 4) is 22.4 Å². The third-order valence-electron chi connectivity index (χ3n) is 3.60. The third-order valence-corrected chi connectivity index (χ3v) is 4.10. The van der Waals surface area contributed by atoms with Crippen molar-refractivity contribution < 1.29 is 0 Å². The number of nitrogens with one attached hydrogen (secondary N) is 1. The van der Waals surface area contributed by atoms with E-state index >= 15 is 0 Å². The van der Waals surface area contributed by atoms with Gasteiger partial charge in [-0.2, -0.15) is 0 Å². The number of rotatable bonds is 4. The van der Waals surface area contributed by atoms with Gasteiger partial charge in [0.1, 0.15) is 0 Å². The van der Waals surface area contributed by atoms with Crippen LogP contribution in [0, 0.1) is 0 Å². The Morgan fingerprint density at radius 1 is 0.870 bits per heavy atom. The number of benzene rings is 2. The van der Waals surface area contributed by atoms with Gasteiger partial charge in [-0.1, -0.05) is 47.5 Å². The predicted octanol–water partition coefficient (Wildman–Crippen LogP) is 5.44. The van der Waals surface area contributed by atoms with Crippen molar-refractivity contribution in [1.82, 2.24) is 10.3 Å². The Balaban J connectivity index is 2.14. The molecule has 1 N–H and O–H groups in total. The number of pyridine rings is 1. The number of hydrogen-bond acceptors (Lipinski definition) is 2. The van der Waals surface area contributed by atoms with Gasteiger partial charge in [0.05, 0.1) is 5.69 Å². The van der Waals surface area contributed by atoms with Crippen LogP contribution < -0.4 is 5.32 Å². The van der Waals surface area contributed by atoms with Gasteiger partial charge < -0.3 is 5.32 Å². The smallest absolute Gasteiger partial charge is 0.0780 e. The molecule has 23 heavy (non-hydrogen) atoms. The minimum absolute atomic E-state index is 0.716. The minimum Gasteiger partial charge on any atom is -0.316 e. The molecule has 1 aromatic heterocycles. The monoisotopic (exact) mass is 342 g/mol. The lowest BCUT2D eigenvalue weighted by Gasteiger charge is -2.12. The summed E-state index contributed by atoms with van der Waals surface area (Å²) < 4.78 is 0. The zero-order chi connectivity index (χ0) is 16.2. The lowest BCUT2D eigenvalue weighted by Crippen LogP contribution is -2.06. The highest BCUT2D eigenvalue weighted by molar-refractivity contribution is 6.31. The van der Waals surface area contributed by atoms with Gasteiger partial charge in [0, 0.05) is 33.9 Å². The second-order valence-corrected chi connectivity index (χ2v) is 6.16. The summed E-state index contributed by atoms with van der Waals surface area (Å²) in [7, 11) is 1.93. The molecule has 0 amide bonds. The summed E-state index contributed by atoms with van der Waals surface area (Å²) in [4.78, 5) is 4.68. The van der Waals surface area contributed by atoms with E-state index in [1.807, 2.05) is 61.8 Å². The van der Waals surface area contributed by atoms with Crippen molar-refractivity contribution >= 4 is 23.2 Å². The molecule has 3 rings (SSSR count). The predicted molar refractivity (Wildman–Crippen MR) is 97.9 cm³/mol. The summed E-state index contributed by atoms with van der Waals surface area (Å²) in [6.07, 6.45) is 1.90. The van der Waals surface area contributed by atoms with E-state index in [0.29, 0.717) is 5.02 Å². The summed E-state index contributed by atoms with van der Waals surface area (Å²) in [6, 6.07) is 17.7. The molecule has 0 saturated heterocycles. The number of nitrogens with zero attached hydrogens (tertiary/aromatic N) is 1. The van der Waals surface area contributed by atoms with Crippen molar-refractivity contribution in [3.63, 3.8) is 0 Å². The van der Waals surface area contributed by atoms with Crippen molar-refractivity contribution in [2.45, 2.75) is 6.54 Å². The van der Waals surface area contributed by atoms with E-state index in [1.54, 1.807) is 0 Å². The first-order chi connectivity index (χ1) is 11.2. The van der Waals surface area contributed by atoms with Crippen LogP contribution in [-0.2, 0) is 6.54 Å². The molecule has 4 heteroatoms. The standard InChI is InChI=1S/C19H16Cl2N2/c1-22-11-13-10-18(14-2-6-16(20)7-3-14)19(23-12-13)15-4-8-17(21)9-5-15/h2-10,12,22H,11H2,1H3. The van der Waals surface area contributed by atoms with E-state index in [4.69, 9.17) is 23.2 Å². The van der Waals surface area contributed by atoms with Crippen molar-refractivity contribution in [2.75, 3.05) is 7.05 Å². The van der Waals surface area contributed by atoms with Gasteiger partial charge in [-0.05, 0) is 48.5 Å². The average molecular weight is 343 g/mol. The van der Waals surface area contributed by atoms with Crippen molar-refractivity contribution in [1.29, 1.82) is 0 Å². The highest BCUT2D eigenvalue weighted by atomic mass is 35.5. The molecule has 0 radical (unpaired) electrons. The second kappa shape index (κ2) is 7.14. The quantitative estimate of drug-likeness (QED) is 0.682. The average Bonchev–Trinajstić information content (AvgIpc) is 2.57. The van der Waals surface area contributed by atoms with Crippen LogP contribution in [0.1, 0.15) is 5.56 Å². The Morgan fingerprint density at radius 3 is 2.00 bits per heavy atom. The molecule has 0 unspecified atom stereocenters. The molecule has 0 fully saturated rings. The molecular formula is C19H16Cl2N2. The van der Waals surface area contributed by atoms with Crippen LogP contribution in [0.4, 0.5) is 0 Å². The van der Waals surface area contributed by atoms with E-state index < -0.39 is 0 Å². The Morgan fingerprint density at radius 2 is 1.43 bits per heavy atom. The minimum atomic E-state index is 0.716. The Bertz CT molecular complexity index is 797. The fourth-order valence-corrected chi connectivity index (χ4v) is 2.75. The molecule has 1 heterocycles. The largest absolute Gasteiger partial charge is 0.316 e. The van der Waals surface area contributed by atoms with Crippen LogP contribution >= 0.6 is 23.2 Å². The zero-order valence-electron chi connectivity index (χ0n) is 12.7. The maximum atomic E-state index is 6.01. The topological polar surface area (TPSA) is 24.9 Å². The number of halogens is 2. The van der Waals surface area contributed by atoms with E-state index in [1.165, 1.54) is 0 Å². The lowest BCUT2D eigenvalue weighted by atomic mass is 9.98. The summed E-state index contributed by atoms with van der Waals surface area (Å²) in [5, 5.41) is 4.60. The highest BCUT2D eigenvalue weighted by Crippen LogP contribution is 2.32. The molecule has 2 nitrogen and oxygen atoms in total. The molecule has 3 aromatic rings. The van der Waals surface area contributed by atoms with E-state index in [9.17, 15) is 0 Å². The van der Waals surface area contributed by atoms with Gasteiger partial charge in [-0.25, -0.2) is 0 Å². The molecule has 0 atom stereocenters. The summed E-state index contributed by atoms with van der Waals surface area (Å²) in [5.74, 6) is 0. The maximum absolute atomic E-state index is 6.01. The normalized spacial score (nSPS) is 10.7. The van der Waals surface area contributed by atoms with Crippen LogP contribution in [0.3, 0.4) is 0 Å². The first-order valence-electron chi connectivity index (χ1n) is 7.33.